The minimum absolute atomic E-state index is 0.0965. The SMILES string of the molecule is CCc1nnc2c(C)c(C(CC(=O)O)c3ccc(C)c(CN4C[C@H]5CCCN5c5ccccc5S4(=O)=O)c3)ccn12. The third-order valence-electron chi connectivity index (χ3n) is 8.71. The number of aryl methyl sites for hydroxylation is 3. The molecule has 0 aliphatic carbocycles. The summed E-state index contributed by atoms with van der Waals surface area (Å²) in [4.78, 5) is 14.7. The Balaban J connectivity index is 1.40. The molecule has 1 unspecified atom stereocenters. The van der Waals surface area contributed by atoms with Gasteiger partial charge in [-0.05, 0) is 72.7 Å². The largest absolute Gasteiger partial charge is 0.481 e. The molecule has 6 rings (SSSR count). The maximum atomic E-state index is 14.0. The minimum atomic E-state index is -3.73. The van der Waals surface area contributed by atoms with Gasteiger partial charge in [0.15, 0.2) is 5.65 Å². The summed E-state index contributed by atoms with van der Waals surface area (Å²) in [7, 11) is -3.73. The predicted molar refractivity (Wildman–Crippen MR) is 157 cm³/mol. The molecule has 1 fully saturated rings. The summed E-state index contributed by atoms with van der Waals surface area (Å²) in [5, 5.41) is 18.6. The van der Waals surface area contributed by atoms with Crippen LogP contribution in [0.2, 0.25) is 0 Å². The lowest BCUT2D eigenvalue weighted by molar-refractivity contribution is -0.137. The van der Waals surface area contributed by atoms with Crippen molar-refractivity contribution >= 4 is 27.3 Å². The van der Waals surface area contributed by atoms with E-state index in [-0.39, 0.29) is 19.0 Å². The first kappa shape index (κ1) is 27.4. The molecule has 41 heavy (non-hydrogen) atoms. The van der Waals surface area contributed by atoms with Crippen molar-refractivity contribution < 1.29 is 18.3 Å². The third-order valence-corrected chi connectivity index (χ3v) is 10.6. The van der Waals surface area contributed by atoms with Gasteiger partial charge in [0, 0.05) is 44.2 Å². The zero-order valence-electron chi connectivity index (χ0n) is 23.6. The van der Waals surface area contributed by atoms with E-state index in [1.54, 1.807) is 16.4 Å². The van der Waals surface area contributed by atoms with Crippen LogP contribution in [0.3, 0.4) is 0 Å². The van der Waals surface area contributed by atoms with Gasteiger partial charge in [-0.3, -0.25) is 9.20 Å². The standard InChI is InChI=1S/C31H35N5O4S/c1-4-29-32-33-31-21(3)25(13-15-36(29)31)26(17-30(37)38)22-12-11-20(2)23(16-22)18-34-19-24-8-7-14-35(24)27-9-5-6-10-28(27)41(34,39)40/h5-6,9-13,15-16,24,26H,4,7-8,14,17-19H2,1-3H3,(H,37,38)/t24-,26?/m1/s1. The monoisotopic (exact) mass is 573 g/mol. The summed E-state index contributed by atoms with van der Waals surface area (Å²) in [6, 6.07) is 15.3. The molecule has 10 heteroatoms. The number of aliphatic carboxylic acids is 1. The van der Waals surface area contributed by atoms with E-state index in [0.717, 1.165) is 70.8 Å². The van der Waals surface area contributed by atoms with Crippen molar-refractivity contribution in [2.45, 2.75) is 69.9 Å². The molecule has 0 spiro atoms. The van der Waals surface area contributed by atoms with E-state index in [9.17, 15) is 18.3 Å². The number of sulfonamides is 1. The van der Waals surface area contributed by atoms with Crippen LogP contribution in [0.1, 0.15) is 65.7 Å². The average molecular weight is 574 g/mol. The lowest BCUT2D eigenvalue weighted by Crippen LogP contribution is -2.39. The topological polar surface area (TPSA) is 108 Å². The van der Waals surface area contributed by atoms with Gasteiger partial charge in [0.05, 0.1) is 12.1 Å². The smallest absolute Gasteiger partial charge is 0.304 e. The Morgan fingerprint density at radius 2 is 1.93 bits per heavy atom. The Labute approximate surface area is 240 Å². The van der Waals surface area contributed by atoms with E-state index in [1.807, 2.05) is 67.8 Å². The molecular formula is C31H35N5O4S. The van der Waals surface area contributed by atoms with E-state index >= 15 is 0 Å². The second kappa shape index (κ2) is 10.6. The molecule has 0 radical (unpaired) electrons. The summed E-state index contributed by atoms with van der Waals surface area (Å²) in [5.41, 5.74) is 5.96. The molecule has 2 aliphatic heterocycles. The Bertz CT molecular complexity index is 1750. The van der Waals surface area contributed by atoms with Crippen LogP contribution in [0.4, 0.5) is 5.69 Å². The zero-order valence-corrected chi connectivity index (χ0v) is 24.4. The number of nitrogens with zero attached hydrogens (tertiary/aromatic N) is 5. The van der Waals surface area contributed by atoms with Crippen molar-refractivity contribution in [3.8, 4) is 0 Å². The number of anilines is 1. The summed E-state index contributed by atoms with van der Waals surface area (Å²) in [6.07, 6.45) is 4.54. The fraction of sp³-hybridized carbons (Fsp3) is 0.387. The quantitative estimate of drug-likeness (QED) is 0.342. The van der Waals surface area contributed by atoms with E-state index in [4.69, 9.17) is 0 Å². The average Bonchev–Trinajstić information content (AvgIpc) is 3.58. The highest BCUT2D eigenvalue weighted by Gasteiger charge is 2.39. The number of pyridine rings is 1. The van der Waals surface area contributed by atoms with Gasteiger partial charge in [-0.2, -0.15) is 4.31 Å². The van der Waals surface area contributed by atoms with Crippen molar-refractivity contribution in [2.24, 2.45) is 0 Å². The first-order valence-electron chi connectivity index (χ1n) is 14.2. The molecule has 2 aromatic carbocycles. The molecule has 2 aromatic heterocycles. The molecule has 1 N–H and O–H groups in total. The molecule has 9 nitrogen and oxygen atoms in total. The van der Waals surface area contributed by atoms with Crippen LogP contribution in [-0.4, -0.2) is 57.5 Å². The lowest BCUT2D eigenvalue weighted by atomic mass is 9.85. The van der Waals surface area contributed by atoms with Gasteiger partial charge in [-0.15, -0.1) is 10.2 Å². The van der Waals surface area contributed by atoms with Crippen LogP contribution in [-0.2, 0) is 27.8 Å². The van der Waals surface area contributed by atoms with Crippen molar-refractivity contribution in [3.05, 3.63) is 88.4 Å². The highest BCUT2D eigenvalue weighted by molar-refractivity contribution is 7.89. The van der Waals surface area contributed by atoms with Gasteiger partial charge in [0.1, 0.15) is 10.7 Å². The second-order valence-corrected chi connectivity index (χ2v) is 13.1. The number of hydrogen-bond donors (Lipinski definition) is 1. The number of hydrogen-bond acceptors (Lipinski definition) is 6. The van der Waals surface area contributed by atoms with Gasteiger partial charge >= 0.3 is 5.97 Å². The number of rotatable bonds is 7. The summed E-state index contributed by atoms with van der Waals surface area (Å²) in [5.74, 6) is -0.478. The molecule has 4 aromatic rings. The molecule has 2 atom stereocenters. The van der Waals surface area contributed by atoms with E-state index in [0.29, 0.717) is 11.4 Å². The van der Waals surface area contributed by atoms with Crippen molar-refractivity contribution in [1.82, 2.24) is 18.9 Å². The van der Waals surface area contributed by atoms with Crippen LogP contribution in [0.25, 0.3) is 5.65 Å². The van der Waals surface area contributed by atoms with E-state index in [2.05, 4.69) is 15.1 Å². The van der Waals surface area contributed by atoms with Crippen molar-refractivity contribution in [3.63, 3.8) is 0 Å². The van der Waals surface area contributed by atoms with Crippen LogP contribution >= 0.6 is 0 Å². The Morgan fingerprint density at radius 1 is 1.12 bits per heavy atom. The highest BCUT2D eigenvalue weighted by Crippen LogP contribution is 2.38. The van der Waals surface area contributed by atoms with Gasteiger partial charge in [-0.1, -0.05) is 37.3 Å². The predicted octanol–water partition coefficient (Wildman–Crippen LogP) is 4.69. The number of carboxylic acids is 1. The maximum Gasteiger partial charge on any atom is 0.304 e. The normalized spacial score (nSPS) is 19.1. The number of fused-ring (bicyclic) bond motifs is 4. The van der Waals surface area contributed by atoms with Crippen LogP contribution < -0.4 is 4.90 Å². The van der Waals surface area contributed by atoms with E-state index < -0.39 is 21.9 Å². The summed E-state index contributed by atoms with van der Waals surface area (Å²) >= 11 is 0. The maximum absolute atomic E-state index is 14.0. The van der Waals surface area contributed by atoms with Crippen LogP contribution in [0.15, 0.2) is 59.6 Å². The zero-order chi connectivity index (χ0) is 28.9. The number of para-hydroxylation sites is 1. The Kier molecular flexibility index (Phi) is 7.07. The highest BCUT2D eigenvalue weighted by atomic mass is 32.2. The molecule has 0 saturated carbocycles. The molecule has 4 heterocycles. The summed E-state index contributed by atoms with van der Waals surface area (Å²) < 4.78 is 31.5. The summed E-state index contributed by atoms with van der Waals surface area (Å²) in [6.45, 7) is 7.45. The van der Waals surface area contributed by atoms with Gasteiger partial charge in [0.2, 0.25) is 10.0 Å². The number of carboxylic acid groups (broad SMARTS) is 1. The molecule has 214 valence electrons. The Morgan fingerprint density at radius 3 is 2.71 bits per heavy atom. The van der Waals surface area contributed by atoms with E-state index in [1.165, 1.54) is 0 Å². The second-order valence-electron chi connectivity index (χ2n) is 11.2. The number of carbonyl (C=O) groups is 1. The molecule has 2 aliphatic rings. The number of benzene rings is 2. The Hall–Kier alpha value is -3.76. The fourth-order valence-corrected chi connectivity index (χ4v) is 8.15. The van der Waals surface area contributed by atoms with Gasteiger partial charge in [0.25, 0.3) is 0 Å². The molecule has 0 amide bonds. The van der Waals surface area contributed by atoms with Crippen LogP contribution in [0.5, 0.6) is 0 Å². The van der Waals surface area contributed by atoms with Crippen molar-refractivity contribution in [2.75, 3.05) is 18.0 Å². The number of aromatic nitrogens is 3. The van der Waals surface area contributed by atoms with Crippen molar-refractivity contribution in [1.29, 1.82) is 0 Å². The molecular weight excluding hydrogens is 538 g/mol. The third kappa shape index (κ3) is 4.78. The first-order valence-corrected chi connectivity index (χ1v) is 15.6. The fourth-order valence-electron chi connectivity index (χ4n) is 6.49. The first-order chi connectivity index (χ1) is 19.7. The van der Waals surface area contributed by atoms with Crippen LogP contribution in [0, 0.1) is 13.8 Å². The van der Waals surface area contributed by atoms with Gasteiger partial charge in [-0.25, -0.2) is 8.42 Å². The lowest BCUT2D eigenvalue weighted by Gasteiger charge is -2.27. The molecule has 1 saturated heterocycles. The minimum Gasteiger partial charge on any atom is -0.481 e. The van der Waals surface area contributed by atoms with Gasteiger partial charge < -0.3 is 10.0 Å². The molecule has 0 bridgehead atoms.